The molecule has 0 aliphatic heterocycles. The second kappa shape index (κ2) is 5.77. The van der Waals surface area contributed by atoms with E-state index in [9.17, 15) is 14.4 Å². The first-order valence-corrected chi connectivity index (χ1v) is 7.04. The van der Waals surface area contributed by atoms with Crippen molar-refractivity contribution in [2.75, 3.05) is 0 Å². The van der Waals surface area contributed by atoms with E-state index in [-0.39, 0.29) is 11.9 Å². The average Bonchev–Trinajstić information content (AvgIpc) is 2.58. The van der Waals surface area contributed by atoms with Crippen molar-refractivity contribution < 1.29 is 4.79 Å². The van der Waals surface area contributed by atoms with E-state index in [1.165, 1.54) is 30.1 Å². The van der Waals surface area contributed by atoms with Crippen LogP contribution >= 0.6 is 11.6 Å². The lowest BCUT2D eigenvalue weighted by molar-refractivity contribution is 0.112. The molecule has 2 aromatic heterocycles. The third-order valence-corrected chi connectivity index (χ3v) is 3.67. The molecule has 2 heterocycles. The number of benzene rings is 1. The van der Waals surface area contributed by atoms with Crippen LogP contribution in [0.1, 0.15) is 16.2 Å². The molecule has 0 aliphatic carbocycles. The van der Waals surface area contributed by atoms with Gasteiger partial charge in [-0.2, -0.15) is 0 Å². The van der Waals surface area contributed by atoms with Gasteiger partial charge in [0.2, 0.25) is 0 Å². The molecule has 1 aromatic carbocycles. The van der Waals surface area contributed by atoms with Gasteiger partial charge in [0.15, 0.2) is 0 Å². The molecule has 0 amide bonds. The van der Waals surface area contributed by atoms with Gasteiger partial charge in [0, 0.05) is 25.0 Å². The van der Waals surface area contributed by atoms with Crippen molar-refractivity contribution >= 4 is 28.8 Å². The van der Waals surface area contributed by atoms with Crippen LogP contribution in [0.25, 0.3) is 10.9 Å². The summed E-state index contributed by atoms with van der Waals surface area (Å²) in [5.41, 5.74) is -0.160. The van der Waals surface area contributed by atoms with Crippen molar-refractivity contribution in [3.05, 3.63) is 67.8 Å². The van der Waals surface area contributed by atoms with Crippen molar-refractivity contribution in [2.24, 2.45) is 7.05 Å². The minimum absolute atomic E-state index is 0.0844. The van der Waals surface area contributed by atoms with Gasteiger partial charge in [0.25, 0.3) is 5.56 Å². The normalized spacial score (nSPS) is 10.9. The third kappa shape index (κ3) is 2.66. The van der Waals surface area contributed by atoms with E-state index in [0.717, 1.165) is 4.57 Å². The lowest BCUT2D eigenvalue weighted by Gasteiger charge is -2.11. The molecule has 0 atom stereocenters. The second-order valence-electron chi connectivity index (χ2n) is 4.94. The van der Waals surface area contributed by atoms with Crippen LogP contribution in [0.3, 0.4) is 0 Å². The van der Waals surface area contributed by atoms with Crippen LogP contribution in [0.5, 0.6) is 0 Å². The lowest BCUT2D eigenvalue weighted by atomic mass is 10.1. The van der Waals surface area contributed by atoms with Crippen molar-refractivity contribution in [1.82, 2.24) is 19.1 Å². The third-order valence-electron chi connectivity index (χ3n) is 3.47. The molecule has 3 aromatic rings. The second-order valence-corrected chi connectivity index (χ2v) is 5.38. The van der Waals surface area contributed by atoms with Crippen LogP contribution in [0.15, 0.2) is 40.2 Å². The Labute approximate surface area is 134 Å². The minimum Gasteiger partial charge on any atom is -0.298 e. The van der Waals surface area contributed by atoms with E-state index in [2.05, 4.69) is 9.97 Å². The standard InChI is InChI=1S/C15H11ClN4O3/c1-19-14(22)11-4-9(8-21)2-3-12(11)20(15(19)23)7-13-17-5-10(16)6-18-13/h2-6,8H,7H2,1H3. The zero-order valence-electron chi connectivity index (χ0n) is 12.1. The summed E-state index contributed by atoms with van der Waals surface area (Å²) in [6.45, 7) is 0.0844. The Balaban J connectivity index is 2.27. The fourth-order valence-electron chi connectivity index (χ4n) is 2.30. The molecule has 7 nitrogen and oxygen atoms in total. The van der Waals surface area contributed by atoms with Crippen molar-refractivity contribution in [2.45, 2.75) is 6.54 Å². The maximum Gasteiger partial charge on any atom is 0.331 e. The van der Waals surface area contributed by atoms with Crippen LogP contribution < -0.4 is 11.2 Å². The quantitative estimate of drug-likeness (QED) is 0.669. The molecule has 0 N–H and O–H groups in total. The highest BCUT2D eigenvalue weighted by Crippen LogP contribution is 2.11. The Hall–Kier alpha value is -2.80. The highest BCUT2D eigenvalue weighted by Gasteiger charge is 2.12. The summed E-state index contributed by atoms with van der Waals surface area (Å²) in [6, 6.07) is 4.58. The number of hydrogen-bond donors (Lipinski definition) is 0. The van der Waals surface area contributed by atoms with Crippen LogP contribution in [0.4, 0.5) is 0 Å². The predicted octanol–water partition coefficient (Wildman–Crippen LogP) is 1.00. The molecule has 0 unspecified atom stereocenters. The fourth-order valence-corrected chi connectivity index (χ4v) is 2.40. The number of fused-ring (bicyclic) bond motifs is 1. The smallest absolute Gasteiger partial charge is 0.298 e. The lowest BCUT2D eigenvalue weighted by Crippen LogP contribution is -2.38. The van der Waals surface area contributed by atoms with Gasteiger partial charge < -0.3 is 0 Å². The molecule has 0 spiro atoms. The van der Waals surface area contributed by atoms with Crippen LogP contribution in [-0.2, 0) is 13.6 Å². The summed E-state index contributed by atoms with van der Waals surface area (Å²) in [5.74, 6) is 0.385. The van der Waals surface area contributed by atoms with Gasteiger partial charge in [-0.3, -0.25) is 18.7 Å². The molecule has 116 valence electrons. The molecule has 0 fully saturated rings. The van der Waals surface area contributed by atoms with E-state index >= 15 is 0 Å². The Morgan fingerprint density at radius 3 is 2.57 bits per heavy atom. The molecule has 0 bridgehead atoms. The van der Waals surface area contributed by atoms with Gasteiger partial charge in [0.05, 0.1) is 22.5 Å². The molecule has 0 saturated heterocycles. The highest BCUT2D eigenvalue weighted by molar-refractivity contribution is 6.30. The summed E-state index contributed by atoms with van der Waals surface area (Å²) >= 11 is 5.75. The van der Waals surface area contributed by atoms with Crippen molar-refractivity contribution in [1.29, 1.82) is 0 Å². The summed E-state index contributed by atoms with van der Waals surface area (Å²) < 4.78 is 2.38. The summed E-state index contributed by atoms with van der Waals surface area (Å²) in [4.78, 5) is 43.7. The summed E-state index contributed by atoms with van der Waals surface area (Å²) in [6.07, 6.45) is 3.52. The Bertz CT molecular complexity index is 1020. The monoisotopic (exact) mass is 330 g/mol. The first-order chi connectivity index (χ1) is 11.0. The molecule has 23 heavy (non-hydrogen) atoms. The van der Waals surface area contributed by atoms with Gasteiger partial charge >= 0.3 is 5.69 Å². The fraction of sp³-hybridized carbons (Fsp3) is 0.133. The number of aldehydes is 1. The number of halogens is 1. The van der Waals surface area contributed by atoms with Gasteiger partial charge in [-0.1, -0.05) is 11.6 Å². The maximum atomic E-state index is 12.4. The highest BCUT2D eigenvalue weighted by atomic mass is 35.5. The number of carbonyl (C=O) groups excluding carboxylic acids is 1. The summed E-state index contributed by atoms with van der Waals surface area (Å²) in [7, 11) is 1.39. The van der Waals surface area contributed by atoms with Crippen LogP contribution in [0, 0.1) is 0 Å². The zero-order chi connectivity index (χ0) is 16.6. The Kier molecular flexibility index (Phi) is 3.79. The Morgan fingerprint density at radius 1 is 1.22 bits per heavy atom. The molecule has 8 heteroatoms. The Morgan fingerprint density at radius 2 is 1.91 bits per heavy atom. The van der Waals surface area contributed by atoms with Crippen LogP contribution in [-0.4, -0.2) is 25.4 Å². The average molecular weight is 331 g/mol. The zero-order valence-corrected chi connectivity index (χ0v) is 12.8. The van der Waals surface area contributed by atoms with E-state index in [1.54, 1.807) is 12.1 Å². The summed E-state index contributed by atoms with van der Waals surface area (Å²) in [5, 5.41) is 0.674. The van der Waals surface area contributed by atoms with Gasteiger partial charge in [-0.15, -0.1) is 0 Å². The van der Waals surface area contributed by atoms with E-state index in [4.69, 9.17) is 11.6 Å². The molecular formula is C15H11ClN4O3. The van der Waals surface area contributed by atoms with Crippen LogP contribution in [0.2, 0.25) is 5.02 Å². The van der Waals surface area contributed by atoms with E-state index in [0.29, 0.717) is 28.2 Å². The number of aromatic nitrogens is 4. The number of nitrogens with zero attached hydrogens (tertiary/aromatic N) is 4. The first-order valence-electron chi connectivity index (χ1n) is 6.66. The first kappa shape index (κ1) is 15.1. The molecule has 0 aliphatic rings. The van der Waals surface area contributed by atoms with Crippen molar-refractivity contribution in [3.8, 4) is 0 Å². The number of carbonyl (C=O) groups is 1. The van der Waals surface area contributed by atoms with Gasteiger partial charge in [0.1, 0.15) is 12.1 Å². The molecule has 0 saturated carbocycles. The SMILES string of the molecule is Cn1c(=O)c2cc(C=O)ccc2n(Cc2ncc(Cl)cn2)c1=O. The maximum absolute atomic E-state index is 12.4. The van der Waals surface area contributed by atoms with E-state index < -0.39 is 11.2 Å². The van der Waals surface area contributed by atoms with E-state index in [1.807, 2.05) is 0 Å². The van der Waals surface area contributed by atoms with Gasteiger partial charge in [-0.05, 0) is 18.2 Å². The predicted molar refractivity (Wildman–Crippen MR) is 85.0 cm³/mol. The molecule has 3 rings (SSSR count). The number of rotatable bonds is 3. The molecule has 0 radical (unpaired) electrons. The molecular weight excluding hydrogens is 320 g/mol. The topological polar surface area (TPSA) is 86.8 Å². The van der Waals surface area contributed by atoms with Crippen molar-refractivity contribution in [3.63, 3.8) is 0 Å². The number of hydrogen-bond acceptors (Lipinski definition) is 5. The van der Waals surface area contributed by atoms with Gasteiger partial charge in [-0.25, -0.2) is 14.8 Å². The minimum atomic E-state index is -0.486. The largest absolute Gasteiger partial charge is 0.331 e.